The Morgan fingerprint density at radius 2 is 1.51 bits per heavy atom. The molecule has 1 amide bonds. The number of nitrogens with one attached hydrogen (secondary N) is 1. The first-order valence-electron chi connectivity index (χ1n) is 13.7. The van der Waals surface area contributed by atoms with E-state index in [1.54, 1.807) is 31.0 Å². The van der Waals surface area contributed by atoms with Crippen LogP contribution in [0.2, 0.25) is 0 Å². The minimum atomic E-state index is -0.551. The van der Waals surface area contributed by atoms with E-state index < -0.39 is 6.29 Å². The van der Waals surface area contributed by atoms with Crippen molar-refractivity contribution in [3.63, 3.8) is 0 Å². The zero-order chi connectivity index (χ0) is 28.6. The molecule has 0 spiro atoms. The van der Waals surface area contributed by atoms with Gasteiger partial charge in [-0.2, -0.15) is 0 Å². The largest absolute Gasteiger partial charge is 0.496 e. The molecule has 1 aliphatic rings. The molecule has 2 N–H and O–H groups in total. The lowest BCUT2D eigenvalue weighted by molar-refractivity contribution is -0.268. The van der Waals surface area contributed by atoms with Crippen molar-refractivity contribution in [1.82, 2.24) is 5.32 Å². The van der Waals surface area contributed by atoms with Gasteiger partial charge in [0.2, 0.25) is 0 Å². The van der Waals surface area contributed by atoms with Gasteiger partial charge in [-0.1, -0.05) is 85.8 Å². The topological polar surface area (TPSA) is 77.0 Å². The Morgan fingerprint density at radius 3 is 2.22 bits per heavy atom. The van der Waals surface area contributed by atoms with Crippen LogP contribution in [0.15, 0.2) is 108 Å². The molecule has 1 saturated heterocycles. The van der Waals surface area contributed by atoms with Gasteiger partial charge in [0.1, 0.15) is 5.75 Å². The Balaban J connectivity index is 1.32. The highest BCUT2D eigenvalue weighted by molar-refractivity contribution is 7.99. The number of aliphatic hydroxyl groups is 1. The lowest BCUT2D eigenvalue weighted by Gasteiger charge is -2.41. The van der Waals surface area contributed by atoms with Gasteiger partial charge < -0.3 is 24.6 Å². The first kappa shape index (κ1) is 28.9. The summed E-state index contributed by atoms with van der Waals surface area (Å²) in [4.78, 5) is 13.5. The number of hydrogen-bond acceptors (Lipinski definition) is 6. The van der Waals surface area contributed by atoms with Crippen LogP contribution in [-0.2, 0) is 22.6 Å². The molecule has 0 unspecified atom stereocenters. The number of ether oxygens (including phenoxy) is 3. The Kier molecular flexibility index (Phi) is 9.75. The summed E-state index contributed by atoms with van der Waals surface area (Å²) in [6.07, 6.45) is -0.824. The van der Waals surface area contributed by atoms with Gasteiger partial charge in [-0.05, 0) is 41.0 Å². The predicted octanol–water partition coefficient (Wildman–Crippen LogP) is 6.70. The third kappa shape index (κ3) is 7.18. The number of methoxy groups -OCH3 is 1. The molecule has 4 aromatic rings. The van der Waals surface area contributed by atoms with Crippen molar-refractivity contribution in [2.45, 2.75) is 43.5 Å². The van der Waals surface area contributed by atoms with Crippen LogP contribution in [0.3, 0.4) is 0 Å². The fourth-order valence-corrected chi connectivity index (χ4v) is 6.08. The fraction of sp³-hybridized carbons (Fsp3) is 0.265. The van der Waals surface area contributed by atoms with E-state index in [0.717, 1.165) is 38.7 Å². The maximum Gasteiger partial charge on any atom is 0.251 e. The minimum absolute atomic E-state index is 0.00339. The maximum atomic E-state index is 12.4. The number of carbonyl (C=O) groups is 1. The molecule has 1 fully saturated rings. The number of carbonyl (C=O) groups excluding carboxylic acids is 1. The van der Waals surface area contributed by atoms with Gasteiger partial charge in [0.05, 0.1) is 25.9 Å². The van der Waals surface area contributed by atoms with Gasteiger partial charge in [0.25, 0.3) is 5.91 Å². The van der Waals surface area contributed by atoms with E-state index in [1.165, 1.54) is 0 Å². The summed E-state index contributed by atoms with van der Waals surface area (Å²) in [5.74, 6) is 1.56. The maximum absolute atomic E-state index is 12.4. The zero-order valence-corrected chi connectivity index (χ0v) is 24.1. The molecule has 5 rings (SSSR count). The van der Waals surface area contributed by atoms with E-state index in [1.807, 2.05) is 84.9 Å². The molecule has 0 aliphatic carbocycles. The van der Waals surface area contributed by atoms with Crippen molar-refractivity contribution >= 4 is 17.7 Å². The van der Waals surface area contributed by atoms with Gasteiger partial charge in [-0.3, -0.25) is 4.79 Å². The Hall–Kier alpha value is -3.62. The van der Waals surface area contributed by atoms with Crippen LogP contribution in [0.4, 0.5) is 0 Å². The molecule has 6 nitrogen and oxygen atoms in total. The molecule has 212 valence electrons. The summed E-state index contributed by atoms with van der Waals surface area (Å²) in [5, 5.41) is 12.5. The summed E-state index contributed by atoms with van der Waals surface area (Å²) in [5.41, 5.74) is 4.46. The molecule has 7 heteroatoms. The Labute approximate surface area is 245 Å². The first-order valence-corrected chi connectivity index (χ1v) is 14.7. The van der Waals surface area contributed by atoms with E-state index >= 15 is 0 Å². The van der Waals surface area contributed by atoms with Crippen LogP contribution in [0.1, 0.15) is 51.9 Å². The van der Waals surface area contributed by atoms with E-state index in [0.29, 0.717) is 12.1 Å². The quantitative estimate of drug-likeness (QED) is 0.207. The average Bonchev–Trinajstić information content (AvgIpc) is 3.04. The van der Waals surface area contributed by atoms with E-state index in [4.69, 9.17) is 14.2 Å². The van der Waals surface area contributed by atoms with Crippen LogP contribution < -0.4 is 10.1 Å². The molecule has 0 aromatic heterocycles. The van der Waals surface area contributed by atoms with Gasteiger partial charge in [0, 0.05) is 34.2 Å². The SMILES string of the molecule is COc1ccccc1SC[C@H]1O[C@@H](c2ccc(CNC(=O)c3ccccc3)cc2)O[C@@H](c2ccc(CO)cc2)[C@H]1C. The lowest BCUT2D eigenvalue weighted by Crippen LogP contribution is -2.38. The first-order chi connectivity index (χ1) is 20.1. The molecule has 4 aromatic carbocycles. The lowest BCUT2D eigenvalue weighted by atomic mass is 9.91. The molecular formula is C34H35NO5S. The number of benzene rings is 4. The molecule has 0 saturated carbocycles. The second-order valence-electron chi connectivity index (χ2n) is 10.1. The third-order valence-electron chi connectivity index (χ3n) is 7.34. The van der Waals surface area contributed by atoms with Crippen molar-refractivity contribution in [2.24, 2.45) is 5.92 Å². The van der Waals surface area contributed by atoms with Gasteiger partial charge in [-0.15, -0.1) is 11.8 Å². The minimum Gasteiger partial charge on any atom is -0.496 e. The highest BCUT2D eigenvalue weighted by Gasteiger charge is 2.38. The summed E-state index contributed by atoms with van der Waals surface area (Å²) >= 11 is 1.71. The number of hydrogen-bond donors (Lipinski definition) is 2. The normalized spacial score (nSPS) is 20.4. The molecule has 0 bridgehead atoms. The van der Waals surface area contributed by atoms with Crippen LogP contribution >= 0.6 is 11.8 Å². The number of thioether (sulfide) groups is 1. The number of para-hydroxylation sites is 1. The van der Waals surface area contributed by atoms with Crippen molar-refractivity contribution in [3.05, 3.63) is 131 Å². The number of aliphatic hydroxyl groups excluding tert-OH is 1. The molecule has 4 atom stereocenters. The van der Waals surface area contributed by atoms with Crippen LogP contribution in [0.5, 0.6) is 5.75 Å². The van der Waals surface area contributed by atoms with E-state index in [-0.39, 0.29) is 30.6 Å². The number of rotatable bonds is 10. The third-order valence-corrected chi connectivity index (χ3v) is 8.48. The highest BCUT2D eigenvalue weighted by atomic mass is 32.2. The van der Waals surface area contributed by atoms with Crippen LogP contribution in [-0.4, -0.2) is 30.0 Å². The predicted molar refractivity (Wildman–Crippen MR) is 161 cm³/mol. The Morgan fingerprint density at radius 1 is 0.854 bits per heavy atom. The Bertz CT molecular complexity index is 1410. The van der Waals surface area contributed by atoms with Gasteiger partial charge in [0.15, 0.2) is 6.29 Å². The highest BCUT2D eigenvalue weighted by Crippen LogP contribution is 2.43. The van der Waals surface area contributed by atoms with Crippen molar-refractivity contribution in [2.75, 3.05) is 12.9 Å². The second kappa shape index (κ2) is 13.8. The van der Waals surface area contributed by atoms with Crippen molar-refractivity contribution < 1.29 is 24.1 Å². The van der Waals surface area contributed by atoms with E-state index in [2.05, 4.69) is 18.3 Å². The fourth-order valence-electron chi connectivity index (χ4n) is 4.89. The summed E-state index contributed by atoms with van der Waals surface area (Å²) in [7, 11) is 1.69. The molecule has 1 heterocycles. The molecule has 1 aliphatic heterocycles. The smallest absolute Gasteiger partial charge is 0.251 e. The molecule has 41 heavy (non-hydrogen) atoms. The van der Waals surface area contributed by atoms with Crippen molar-refractivity contribution in [1.29, 1.82) is 0 Å². The van der Waals surface area contributed by atoms with Crippen LogP contribution in [0, 0.1) is 5.92 Å². The number of amides is 1. The molecular weight excluding hydrogens is 534 g/mol. The van der Waals surface area contributed by atoms with Gasteiger partial charge in [-0.25, -0.2) is 0 Å². The van der Waals surface area contributed by atoms with Crippen molar-refractivity contribution in [3.8, 4) is 5.75 Å². The summed E-state index contributed by atoms with van der Waals surface area (Å²) in [6, 6.07) is 33.1. The zero-order valence-electron chi connectivity index (χ0n) is 23.2. The van der Waals surface area contributed by atoms with Gasteiger partial charge >= 0.3 is 0 Å². The monoisotopic (exact) mass is 569 g/mol. The molecule has 0 radical (unpaired) electrons. The second-order valence-corrected chi connectivity index (χ2v) is 11.1. The van der Waals surface area contributed by atoms with E-state index in [9.17, 15) is 9.90 Å². The summed E-state index contributed by atoms with van der Waals surface area (Å²) < 4.78 is 18.7. The van der Waals surface area contributed by atoms with Crippen LogP contribution in [0.25, 0.3) is 0 Å². The summed E-state index contributed by atoms with van der Waals surface area (Å²) in [6.45, 7) is 2.59. The average molecular weight is 570 g/mol. The standard InChI is InChI=1S/C34H35NO5S/c1-23-30(22-41-31-11-7-6-10-29(31)38-2)39-34(40-32(23)26-16-14-25(21-36)15-17-26)28-18-12-24(13-19-28)20-35-33(37)27-8-4-3-5-9-27/h3-19,23,30,32,34,36H,20-22H2,1-2H3,(H,35,37)/t23-,30+,32+,34+/m0/s1.